The van der Waals surface area contributed by atoms with E-state index in [1.54, 1.807) is 39.8 Å². The van der Waals surface area contributed by atoms with Crippen molar-refractivity contribution in [1.82, 2.24) is 9.97 Å². The van der Waals surface area contributed by atoms with Gasteiger partial charge in [0.05, 0.1) is 44.3 Å². The molecule has 0 amide bonds. The Kier molecular flexibility index (Phi) is 30.7. The number of nitrogens with zero attached hydrogens (tertiary/aromatic N) is 2. The zero-order chi connectivity index (χ0) is 59.2. The van der Waals surface area contributed by atoms with Crippen molar-refractivity contribution < 1.29 is 60.7 Å². The van der Waals surface area contributed by atoms with Gasteiger partial charge in [0.2, 0.25) is 0 Å². The van der Waals surface area contributed by atoms with Crippen molar-refractivity contribution in [1.29, 1.82) is 0 Å². The van der Waals surface area contributed by atoms with E-state index in [1.807, 2.05) is 12.2 Å². The van der Waals surface area contributed by atoms with E-state index in [2.05, 4.69) is 24.3 Å². The number of alkyl halides is 6. The first-order valence-corrected chi connectivity index (χ1v) is 28.4. The maximum atomic E-state index is 13.1. The first kappa shape index (κ1) is 69.1. The number of nitrogens with two attached hydrogens (primary N) is 2. The van der Waals surface area contributed by atoms with Gasteiger partial charge in [0.25, 0.3) is 0 Å². The Bertz CT molecular complexity index is 2430. The topological polar surface area (TPSA) is 191 Å². The van der Waals surface area contributed by atoms with Gasteiger partial charge < -0.3 is 36.3 Å². The van der Waals surface area contributed by atoms with Crippen molar-refractivity contribution in [3.63, 3.8) is 0 Å². The average Bonchev–Trinajstić information content (AvgIpc) is 4.03. The zero-order valence-corrected chi connectivity index (χ0v) is 47.9. The smallest absolute Gasteiger partial charge is 0.416 e. The van der Waals surface area contributed by atoms with Gasteiger partial charge >= 0.3 is 24.3 Å². The molecule has 3 aliphatic rings. The second kappa shape index (κ2) is 35.6. The van der Waals surface area contributed by atoms with E-state index in [9.17, 15) is 41.0 Å². The van der Waals surface area contributed by atoms with Crippen LogP contribution in [0.15, 0.2) is 84.9 Å². The average molecular weight is 1130 g/mol. The minimum Gasteiger partial charge on any atom is -0.481 e. The molecule has 17 heteroatoms. The Hall–Kier alpha value is -5.20. The van der Waals surface area contributed by atoms with Crippen LogP contribution in [0.5, 0.6) is 0 Å². The van der Waals surface area contributed by atoms with Crippen LogP contribution in [0.2, 0.25) is 0 Å². The standard InChI is InChI=1S/C26H30F3NO2.C25H30F3NO2.2C4H11NO.C4H8O/c1-32-25(31)18-21(20-11-8-12-22(17-20)26(27,28)29)10-4-2-3-5-13-23-16-15-19-9-6-7-14-24(19)30-23;26-25(27,28)21-11-7-10-19(16-21)20(17-24(30)31)9-3-1-2-4-12-22-15-14-18-8-5-6-13-23(18)29-22;2*1-4(2,5)3-6;1-2-4-5-3-1/h2,4,8,11-12,15-17,21H,3,5-7,9-10,13-14,18H2,1H3;7,10-11,14-16,20H,1-6,8-9,12-13,17H2,(H,30,31);2*6H,3,5H2,1-2H3;1-4H2/b4-2-;;;;/t21-;20-;;;/m00.../s1. The predicted molar refractivity (Wildman–Crippen MR) is 303 cm³/mol. The minimum atomic E-state index is -4.42. The molecule has 0 saturated carbocycles. The summed E-state index contributed by atoms with van der Waals surface area (Å²) in [6.07, 6.45) is 15.4. The number of ether oxygens (including phenoxy) is 2. The number of benzene rings is 2. The van der Waals surface area contributed by atoms with Crippen LogP contribution in [0.3, 0.4) is 0 Å². The Labute approximate surface area is 471 Å². The van der Waals surface area contributed by atoms with Gasteiger partial charge in [-0.2, -0.15) is 26.3 Å². The van der Waals surface area contributed by atoms with E-state index in [1.165, 1.54) is 80.3 Å². The van der Waals surface area contributed by atoms with Crippen molar-refractivity contribution in [2.45, 2.75) is 204 Å². The lowest BCUT2D eigenvalue weighted by atomic mass is 9.89. The molecule has 2 atom stereocenters. The zero-order valence-electron chi connectivity index (χ0n) is 47.9. The lowest BCUT2D eigenvalue weighted by molar-refractivity contribution is -0.141. The number of rotatable bonds is 21. The number of esters is 1. The van der Waals surface area contributed by atoms with Crippen molar-refractivity contribution in [3.8, 4) is 0 Å². The van der Waals surface area contributed by atoms with Gasteiger partial charge in [0.15, 0.2) is 0 Å². The number of aliphatic hydroxyl groups is 2. The van der Waals surface area contributed by atoms with E-state index in [-0.39, 0.29) is 32.0 Å². The predicted octanol–water partition coefficient (Wildman–Crippen LogP) is 13.6. The van der Waals surface area contributed by atoms with Crippen LogP contribution < -0.4 is 11.5 Å². The lowest BCUT2D eigenvalue weighted by Crippen LogP contribution is -2.35. The number of halogens is 6. The molecule has 80 heavy (non-hydrogen) atoms. The second-order valence-electron chi connectivity index (χ2n) is 22.4. The number of hydrogen-bond donors (Lipinski definition) is 5. The number of allylic oxidation sites excluding steroid dienone is 2. The molecule has 7 N–H and O–H groups in total. The summed E-state index contributed by atoms with van der Waals surface area (Å²) in [6, 6.07) is 18.9. The molecule has 2 aromatic heterocycles. The van der Waals surface area contributed by atoms with Crippen LogP contribution in [0.1, 0.15) is 198 Å². The molecule has 446 valence electrons. The number of aliphatic carboxylic acids is 1. The number of aromatic nitrogens is 2. The van der Waals surface area contributed by atoms with Crippen LogP contribution >= 0.6 is 0 Å². The number of carboxylic acid groups (broad SMARTS) is 1. The number of methoxy groups -OCH3 is 1. The van der Waals surface area contributed by atoms with Crippen molar-refractivity contribution >= 4 is 11.9 Å². The van der Waals surface area contributed by atoms with Crippen LogP contribution in [0.4, 0.5) is 26.3 Å². The number of aliphatic hydroxyl groups excluding tert-OH is 2. The second-order valence-corrected chi connectivity index (χ2v) is 22.4. The number of unbranched alkanes of at least 4 members (excludes halogenated alkanes) is 4. The number of carbonyl (C=O) groups excluding carboxylic acids is 1. The fourth-order valence-electron chi connectivity index (χ4n) is 9.03. The van der Waals surface area contributed by atoms with E-state index in [0.717, 1.165) is 126 Å². The SMILES string of the molecule is C1CCOC1.CC(C)(N)CO.CC(C)(N)CO.COC(=O)C[C@H](C/C=C\CCCc1ccc2c(n1)CCCC2)c1cccc(C(F)(F)F)c1.O=C(O)C[C@H](CCCCCCc1ccc2c(n1)CCCC2)c1cccc(C(F)(F)F)c1. The van der Waals surface area contributed by atoms with Gasteiger partial charge in [-0.25, -0.2) is 0 Å². The summed E-state index contributed by atoms with van der Waals surface area (Å²) < 4.78 is 87.9. The molecule has 1 saturated heterocycles. The summed E-state index contributed by atoms with van der Waals surface area (Å²) in [6.45, 7) is 9.18. The molecule has 11 nitrogen and oxygen atoms in total. The monoisotopic (exact) mass is 1130 g/mol. The fourth-order valence-corrected chi connectivity index (χ4v) is 9.03. The summed E-state index contributed by atoms with van der Waals surface area (Å²) in [7, 11) is 1.29. The summed E-state index contributed by atoms with van der Waals surface area (Å²) in [4.78, 5) is 32.6. The summed E-state index contributed by atoms with van der Waals surface area (Å²) in [5.41, 5.74) is 16.8. The minimum absolute atomic E-state index is 0.0429. The Balaban J connectivity index is 0.000000325. The highest BCUT2D eigenvalue weighted by atomic mass is 19.4. The van der Waals surface area contributed by atoms with Gasteiger partial charge in [-0.3, -0.25) is 19.6 Å². The van der Waals surface area contributed by atoms with Gasteiger partial charge in [0, 0.05) is 47.1 Å². The molecule has 0 unspecified atom stereocenters. The quantitative estimate of drug-likeness (QED) is 0.0231. The fraction of sp³-hybridized carbons (Fsp3) is 0.587. The molecule has 0 radical (unpaired) electrons. The van der Waals surface area contributed by atoms with Crippen LogP contribution in [-0.4, -0.2) is 81.8 Å². The maximum absolute atomic E-state index is 13.1. The first-order valence-electron chi connectivity index (χ1n) is 28.4. The third kappa shape index (κ3) is 29.0. The van der Waals surface area contributed by atoms with Crippen molar-refractivity contribution in [2.75, 3.05) is 33.5 Å². The molecule has 2 aliphatic carbocycles. The van der Waals surface area contributed by atoms with Crippen LogP contribution in [0, 0.1) is 0 Å². The highest BCUT2D eigenvalue weighted by Crippen LogP contribution is 2.35. The molecule has 7 rings (SSSR count). The van der Waals surface area contributed by atoms with Crippen LogP contribution in [0.25, 0.3) is 0 Å². The highest BCUT2D eigenvalue weighted by molar-refractivity contribution is 5.70. The number of fused-ring (bicyclic) bond motifs is 2. The number of carbonyl (C=O) groups is 2. The molecule has 1 aliphatic heterocycles. The van der Waals surface area contributed by atoms with E-state index in [4.69, 9.17) is 41.1 Å². The van der Waals surface area contributed by atoms with Gasteiger partial charge in [-0.15, -0.1) is 0 Å². The molecular weight excluding hydrogens is 1040 g/mol. The lowest BCUT2D eigenvalue weighted by Gasteiger charge is -2.17. The van der Waals surface area contributed by atoms with E-state index >= 15 is 0 Å². The maximum Gasteiger partial charge on any atom is 0.416 e. The van der Waals surface area contributed by atoms with E-state index < -0.39 is 52.4 Å². The number of hydrogen-bond acceptors (Lipinski definition) is 10. The van der Waals surface area contributed by atoms with Crippen molar-refractivity contribution in [3.05, 3.63) is 141 Å². The first-order chi connectivity index (χ1) is 37.8. The number of pyridine rings is 2. The van der Waals surface area contributed by atoms with Gasteiger partial charge in [-0.1, -0.05) is 79.9 Å². The molecule has 2 aromatic carbocycles. The van der Waals surface area contributed by atoms with E-state index in [0.29, 0.717) is 24.0 Å². The number of carboxylic acids is 1. The van der Waals surface area contributed by atoms with Gasteiger partial charge in [-0.05, 0) is 195 Å². The Morgan fingerprint density at radius 1 is 0.625 bits per heavy atom. The third-order valence-corrected chi connectivity index (χ3v) is 13.7. The molecule has 4 aromatic rings. The Morgan fingerprint density at radius 2 is 1.09 bits per heavy atom. The molecule has 3 heterocycles. The van der Waals surface area contributed by atoms with Gasteiger partial charge in [0.1, 0.15) is 0 Å². The molecule has 0 spiro atoms. The normalized spacial score (nSPS) is 15.0. The molecule has 1 fully saturated rings. The summed E-state index contributed by atoms with van der Waals surface area (Å²) in [5, 5.41) is 25.8. The summed E-state index contributed by atoms with van der Waals surface area (Å²) >= 11 is 0. The third-order valence-electron chi connectivity index (χ3n) is 13.7. The summed E-state index contributed by atoms with van der Waals surface area (Å²) in [5.74, 6) is -2.18. The number of aryl methyl sites for hydroxylation is 6. The Morgan fingerprint density at radius 3 is 1.52 bits per heavy atom. The molecule has 0 bridgehead atoms. The highest BCUT2D eigenvalue weighted by Gasteiger charge is 2.32. The molecular formula is C63H90F6N4O7. The van der Waals surface area contributed by atoms with Crippen LogP contribution in [-0.2, 0) is 69.9 Å². The van der Waals surface area contributed by atoms with Crippen molar-refractivity contribution in [2.24, 2.45) is 11.5 Å². The largest absolute Gasteiger partial charge is 0.481 e.